The fourth-order valence-corrected chi connectivity index (χ4v) is 2.94. The van der Waals surface area contributed by atoms with E-state index in [1.54, 1.807) is 58.3 Å². The van der Waals surface area contributed by atoms with Crippen molar-refractivity contribution in [3.63, 3.8) is 0 Å². The molecule has 134 valence electrons. The predicted molar refractivity (Wildman–Crippen MR) is 100 cm³/mol. The number of benzene rings is 2. The van der Waals surface area contributed by atoms with Gasteiger partial charge in [-0.1, -0.05) is 18.2 Å². The monoisotopic (exact) mass is 351 g/mol. The highest BCUT2D eigenvalue weighted by Crippen LogP contribution is 2.14. The van der Waals surface area contributed by atoms with Gasteiger partial charge in [-0.3, -0.25) is 15.0 Å². The molecule has 0 unspecified atom stereocenters. The first-order chi connectivity index (χ1) is 12.5. The van der Waals surface area contributed by atoms with Gasteiger partial charge in [-0.25, -0.2) is 0 Å². The van der Waals surface area contributed by atoms with E-state index in [-0.39, 0.29) is 17.6 Å². The molecule has 0 aliphatic carbocycles. The molecular weight excluding hydrogens is 330 g/mol. The summed E-state index contributed by atoms with van der Waals surface area (Å²) in [6, 6.07) is 13.6. The van der Waals surface area contributed by atoms with Crippen LogP contribution in [-0.4, -0.2) is 53.6 Å². The van der Waals surface area contributed by atoms with Gasteiger partial charge in [0.05, 0.1) is 0 Å². The fourth-order valence-electron chi connectivity index (χ4n) is 2.94. The molecule has 1 heterocycles. The molecule has 26 heavy (non-hydrogen) atoms. The predicted octanol–water partition coefficient (Wildman–Crippen LogP) is 1.15. The van der Waals surface area contributed by atoms with Crippen LogP contribution in [0.15, 0.2) is 48.5 Å². The van der Waals surface area contributed by atoms with Crippen molar-refractivity contribution in [1.82, 2.24) is 9.80 Å². The van der Waals surface area contributed by atoms with Crippen LogP contribution in [0, 0.1) is 5.41 Å². The zero-order chi connectivity index (χ0) is 18.7. The molecule has 3 rings (SSSR count). The summed E-state index contributed by atoms with van der Waals surface area (Å²) in [7, 11) is 0. The quantitative estimate of drug-likeness (QED) is 0.437. The molecule has 0 saturated carbocycles. The highest BCUT2D eigenvalue weighted by Gasteiger charge is 2.25. The van der Waals surface area contributed by atoms with E-state index in [0.717, 1.165) is 0 Å². The number of amides is 2. The Bertz CT molecular complexity index is 839. The lowest BCUT2D eigenvalue weighted by Gasteiger charge is -2.35. The van der Waals surface area contributed by atoms with Gasteiger partial charge >= 0.3 is 0 Å². The van der Waals surface area contributed by atoms with Gasteiger partial charge in [0.15, 0.2) is 0 Å². The molecule has 0 atom stereocenters. The van der Waals surface area contributed by atoms with Crippen LogP contribution in [0.1, 0.15) is 26.3 Å². The first kappa shape index (κ1) is 17.5. The summed E-state index contributed by atoms with van der Waals surface area (Å²) in [5.41, 5.74) is 13.4. The van der Waals surface area contributed by atoms with E-state index in [4.69, 9.17) is 16.9 Å². The molecule has 1 saturated heterocycles. The molecule has 7 nitrogen and oxygen atoms in total. The number of nitrogens with zero attached hydrogens (tertiary/aromatic N) is 2. The largest absolute Gasteiger partial charge is 0.399 e. The highest BCUT2D eigenvalue weighted by atomic mass is 16.2. The zero-order valence-electron chi connectivity index (χ0n) is 14.3. The maximum Gasteiger partial charge on any atom is 0.254 e. The number of nitrogen functional groups attached to an aromatic ring is 2. The molecule has 5 N–H and O–H groups in total. The minimum absolute atomic E-state index is 0.0299. The number of nitrogens with two attached hydrogens (primary N) is 2. The standard InChI is InChI=1S/C19H21N5O2/c20-16-3-1-2-15(12-16)19(26)24-10-8-23(9-11-24)18(25)14-6-4-13(5-7-14)17(21)22/h1-7,12H,8-11,20H2,(H3,21,22). The minimum Gasteiger partial charge on any atom is -0.399 e. The second-order valence-corrected chi connectivity index (χ2v) is 6.20. The van der Waals surface area contributed by atoms with Crippen molar-refractivity contribution in [2.75, 3.05) is 31.9 Å². The number of nitrogens with one attached hydrogen (secondary N) is 1. The molecule has 1 fully saturated rings. The molecule has 0 spiro atoms. The Hall–Kier alpha value is -3.35. The smallest absolute Gasteiger partial charge is 0.254 e. The van der Waals surface area contributed by atoms with Crippen LogP contribution in [0.2, 0.25) is 0 Å². The van der Waals surface area contributed by atoms with Crippen molar-refractivity contribution in [2.24, 2.45) is 5.73 Å². The van der Waals surface area contributed by atoms with Gasteiger partial charge in [-0.15, -0.1) is 0 Å². The number of piperazine rings is 1. The number of rotatable bonds is 3. The Morgan fingerprint density at radius 3 is 1.81 bits per heavy atom. The molecule has 0 radical (unpaired) electrons. The van der Waals surface area contributed by atoms with Gasteiger partial charge in [0.25, 0.3) is 11.8 Å². The SMILES string of the molecule is N=C(N)c1ccc(C(=O)N2CCN(C(=O)c3cccc(N)c3)CC2)cc1. The van der Waals surface area contributed by atoms with E-state index in [9.17, 15) is 9.59 Å². The summed E-state index contributed by atoms with van der Waals surface area (Å²) in [5, 5.41) is 7.39. The van der Waals surface area contributed by atoms with Crippen LogP contribution in [0.25, 0.3) is 0 Å². The van der Waals surface area contributed by atoms with Crippen molar-refractivity contribution in [3.05, 3.63) is 65.2 Å². The summed E-state index contributed by atoms with van der Waals surface area (Å²) in [4.78, 5) is 28.6. The Balaban J connectivity index is 1.61. The van der Waals surface area contributed by atoms with Crippen LogP contribution < -0.4 is 11.5 Å². The third-order valence-corrected chi connectivity index (χ3v) is 4.43. The maximum absolute atomic E-state index is 12.6. The van der Waals surface area contributed by atoms with Crippen molar-refractivity contribution in [1.29, 1.82) is 5.41 Å². The number of carbonyl (C=O) groups excluding carboxylic acids is 2. The third kappa shape index (κ3) is 3.66. The zero-order valence-corrected chi connectivity index (χ0v) is 14.3. The second kappa shape index (κ2) is 7.26. The summed E-state index contributed by atoms with van der Waals surface area (Å²) in [5.74, 6) is -0.191. The molecule has 2 amide bonds. The van der Waals surface area contributed by atoms with E-state index < -0.39 is 0 Å². The highest BCUT2D eigenvalue weighted by molar-refractivity contribution is 5.98. The maximum atomic E-state index is 12.6. The van der Waals surface area contributed by atoms with Crippen LogP contribution in [0.3, 0.4) is 0 Å². The topological polar surface area (TPSA) is 117 Å². The number of carbonyl (C=O) groups is 2. The van der Waals surface area contributed by atoms with Crippen LogP contribution in [0.4, 0.5) is 5.69 Å². The summed E-state index contributed by atoms with van der Waals surface area (Å²) >= 11 is 0. The van der Waals surface area contributed by atoms with Crippen LogP contribution in [-0.2, 0) is 0 Å². The first-order valence-corrected chi connectivity index (χ1v) is 8.34. The average Bonchev–Trinajstić information content (AvgIpc) is 2.67. The molecule has 2 aromatic rings. The molecule has 1 aliphatic rings. The first-order valence-electron chi connectivity index (χ1n) is 8.34. The molecule has 0 aromatic heterocycles. The Morgan fingerprint density at radius 1 is 0.808 bits per heavy atom. The number of amidine groups is 1. The minimum atomic E-state index is -0.0869. The molecule has 1 aliphatic heterocycles. The van der Waals surface area contributed by atoms with Crippen LogP contribution in [0.5, 0.6) is 0 Å². The van der Waals surface area contributed by atoms with Gasteiger partial charge in [0, 0.05) is 48.6 Å². The van der Waals surface area contributed by atoms with E-state index in [0.29, 0.717) is 48.6 Å². The fraction of sp³-hybridized carbons (Fsp3) is 0.211. The van der Waals surface area contributed by atoms with E-state index in [1.165, 1.54) is 0 Å². The van der Waals surface area contributed by atoms with Gasteiger partial charge in [-0.05, 0) is 30.3 Å². The van der Waals surface area contributed by atoms with Crippen molar-refractivity contribution in [3.8, 4) is 0 Å². The normalized spacial score (nSPS) is 14.2. The van der Waals surface area contributed by atoms with E-state index in [2.05, 4.69) is 0 Å². The molecule has 7 heteroatoms. The summed E-state index contributed by atoms with van der Waals surface area (Å²) < 4.78 is 0. The third-order valence-electron chi connectivity index (χ3n) is 4.43. The lowest BCUT2D eigenvalue weighted by atomic mass is 10.1. The van der Waals surface area contributed by atoms with Gasteiger partial charge in [-0.2, -0.15) is 0 Å². The molecule has 2 aromatic carbocycles. The molecular formula is C19H21N5O2. The summed E-state index contributed by atoms with van der Waals surface area (Å²) in [6.07, 6.45) is 0. The van der Waals surface area contributed by atoms with Crippen molar-refractivity contribution >= 4 is 23.3 Å². The van der Waals surface area contributed by atoms with Gasteiger partial charge in [0.1, 0.15) is 5.84 Å². The summed E-state index contributed by atoms with van der Waals surface area (Å²) in [6.45, 7) is 1.90. The van der Waals surface area contributed by atoms with E-state index in [1.807, 2.05) is 0 Å². The number of hydrogen-bond donors (Lipinski definition) is 3. The lowest BCUT2D eigenvalue weighted by molar-refractivity contribution is 0.0535. The number of hydrogen-bond acceptors (Lipinski definition) is 4. The van der Waals surface area contributed by atoms with Crippen molar-refractivity contribution in [2.45, 2.75) is 0 Å². The van der Waals surface area contributed by atoms with E-state index >= 15 is 0 Å². The Kier molecular flexibility index (Phi) is 4.88. The van der Waals surface area contributed by atoms with Gasteiger partial charge < -0.3 is 21.3 Å². The van der Waals surface area contributed by atoms with Gasteiger partial charge in [0.2, 0.25) is 0 Å². The number of anilines is 1. The Labute approximate surface area is 151 Å². The van der Waals surface area contributed by atoms with Crippen LogP contribution >= 0.6 is 0 Å². The average molecular weight is 351 g/mol. The van der Waals surface area contributed by atoms with Crippen molar-refractivity contribution < 1.29 is 9.59 Å². The molecule has 0 bridgehead atoms. The Morgan fingerprint density at radius 2 is 1.31 bits per heavy atom. The lowest BCUT2D eigenvalue weighted by Crippen LogP contribution is -2.50. The second-order valence-electron chi connectivity index (χ2n) is 6.20.